The van der Waals surface area contributed by atoms with E-state index in [0.29, 0.717) is 25.9 Å². The summed E-state index contributed by atoms with van der Waals surface area (Å²) in [6.45, 7) is 0.293. The van der Waals surface area contributed by atoms with Crippen LogP contribution in [0.25, 0.3) is 0 Å². The summed E-state index contributed by atoms with van der Waals surface area (Å²) in [5.74, 6) is -0.837. The Kier molecular flexibility index (Phi) is 5.76. The summed E-state index contributed by atoms with van der Waals surface area (Å²) >= 11 is 0. The van der Waals surface area contributed by atoms with Crippen LogP contribution >= 0.6 is 0 Å². The molecule has 0 spiro atoms. The molecule has 0 radical (unpaired) electrons. The van der Waals surface area contributed by atoms with Crippen LogP contribution in [0.2, 0.25) is 0 Å². The van der Waals surface area contributed by atoms with Gasteiger partial charge >= 0.3 is 5.97 Å². The summed E-state index contributed by atoms with van der Waals surface area (Å²) in [6.07, 6.45) is 5.92. The van der Waals surface area contributed by atoms with Gasteiger partial charge in [0.1, 0.15) is 0 Å². The molecule has 1 aliphatic rings. The maximum absolute atomic E-state index is 11.6. The minimum atomic E-state index is -1.02. The quantitative estimate of drug-likeness (QED) is 0.790. The van der Waals surface area contributed by atoms with Gasteiger partial charge in [-0.2, -0.15) is 0 Å². The van der Waals surface area contributed by atoms with E-state index in [0.717, 1.165) is 31.2 Å². The Morgan fingerprint density at radius 2 is 1.81 bits per heavy atom. The summed E-state index contributed by atoms with van der Waals surface area (Å²) in [7, 11) is 0. The molecule has 4 nitrogen and oxygen atoms in total. The van der Waals surface area contributed by atoms with Crippen LogP contribution in [-0.2, 0) is 16.0 Å². The van der Waals surface area contributed by atoms with E-state index in [1.54, 1.807) is 0 Å². The molecule has 1 aromatic carbocycles. The number of carbonyl (C=O) groups is 1. The van der Waals surface area contributed by atoms with Gasteiger partial charge in [-0.3, -0.25) is 0 Å². The molecule has 1 fully saturated rings. The van der Waals surface area contributed by atoms with Crippen LogP contribution in [0.1, 0.15) is 44.1 Å². The Hall–Kier alpha value is -1.39. The number of hydrogen-bond acceptors (Lipinski definition) is 3. The van der Waals surface area contributed by atoms with Crippen LogP contribution in [-0.4, -0.2) is 29.3 Å². The highest BCUT2D eigenvalue weighted by molar-refractivity contribution is 5.77. The third-order valence-electron chi connectivity index (χ3n) is 4.22. The van der Waals surface area contributed by atoms with Gasteiger partial charge in [0, 0.05) is 6.04 Å². The van der Waals surface area contributed by atoms with E-state index in [1.165, 1.54) is 0 Å². The topological polar surface area (TPSA) is 72.5 Å². The molecule has 1 aliphatic carbocycles. The van der Waals surface area contributed by atoms with Gasteiger partial charge in [0.25, 0.3) is 0 Å². The first-order valence-corrected chi connectivity index (χ1v) is 7.79. The zero-order chi connectivity index (χ0) is 15.1. The second kappa shape index (κ2) is 7.57. The van der Waals surface area contributed by atoms with Gasteiger partial charge in [0.05, 0.1) is 6.61 Å². The van der Waals surface area contributed by atoms with Gasteiger partial charge in [-0.05, 0) is 37.7 Å². The van der Waals surface area contributed by atoms with Crippen LogP contribution < -0.4 is 5.73 Å². The lowest BCUT2D eigenvalue weighted by Crippen LogP contribution is -2.44. The molecule has 1 atom stereocenters. The summed E-state index contributed by atoms with van der Waals surface area (Å²) in [5.41, 5.74) is 6.23. The number of ether oxygens (including phenoxy) is 1. The fourth-order valence-electron chi connectivity index (χ4n) is 2.96. The second-order valence-corrected chi connectivity index (χ2v) is 5.97. The Bertz CT molecular complexity index is 439. The van der Waals surface area contributed by atoms with E-state index in [9.17, 15) is 9.90 Å². The summed E-state index contributed by atoms with van der Waals surface area (Å²) in [4.78, 5) is 11.6. The number of aliphatic carboxylic acids is 1. The Morgan fingerprint density at radius 3 is 2.38 bits per heavy atom. The van der Waals surface area contributed by atoms with Crippen molar-refractivity contribution in [1.29, 1.82) is 0 Å². The largest absolute Gasteiger partial charge is 0.479 e. The predicted octanol–water partition coefficient (Wildman–Crippen LogP) is 2.75. The second-order valence-electron chi connectivity index (χ2n) is 5.97. The molecule has 1 saturated carbocycles. The summed E-state index contributed by atoms with van der Waals surface area (Å²) in [5, 5.41) is 9.55. The summed E-state index contributed by atoms with van der Waals surface area (Å²) < 4.78 is 5.82. The van der Waals surface area contributed by atoms with Crippen molar-refractivity contribution in [3.63, 3.8) is 0 Å². The van der Waals surface area contributed by atoms with Gasteiger partial charge in [0.2, 0.25) is 0 Å². The number of hydrogen-bond donors (Lipinski definition) is 2. The van der Waals surface area contributed by atoms with Crippen molar-refractivity contribution in [2.75, 3.05) is 6.61 Å². The molecule has 4 heteroatoms. The minimum Gasteiger partial charge on any atom is -0.479 e. The van der Waals surface area contributed by atoms with Crippen LogP contribution in [0.5, 0.6) is 0 Å². The molecule has 1 aromatic rings. The van der Waals surface area contributed by atoms with Crippen molar-refractivity contribution < 1.29 is 14.6 Å². The van der Waals surface area contributed by atoms with Crippen molar-refractivity contribution in [2.24, 2.45) is 5.73 Å². The molecular weight excluding hydrogens is 266 g/mol. The molecule has 2 rings (SSSR count). The van der Waals surface area contributed by atoms with E-state index in [2.05, 4.69) is 0 Å². The zero-order valence-electron chi connectivity index (χ0n) is 12.5. The number of carboxylic acids is 1. The minimum absolute atomic E-state index is 0.174. The molecule has 0 aromatic heterocycles. The first-order chi connectivity index (χ1) is 10.1. The predicted molar refractivity (Wildman–Crippen MR) is 82.1 cm³/mol. The third-order valence-corrected chi connectivity index (χ3v) is 4.22. The molecule has 21 heavy (non-hydrogen) atoms. The highest BCUT2D eigenvalue weighted by Gasteiger charge is 2.40. The van der Waals surface area contributed by atoms with E-state index in [-0.39, 0.29) is 6.04 Å². The fraction of sp³-hybridized carbons (Fsp3) is 0.588. The van der Waals surface area contributed by atoms with Crippen LogP contribution in [0.15, 0.2) is 30.3 Å². The maximum Gasteiger partial charge on any atom is 0.335 e. The number of nitrogens with two attached hydrogens (primary N) is 1. The Balaban J connectivity index is 1.90. The van der Waals surface area contributed by atoms with Gasteiger partial charge in [-0.15, -0.1) is 0 Å². The van der Waals surface area contributed by atoms with Gasteiger partial charge < -0.3 is 15.6 Å². The molecule has 1 unspecified atom stereocenters. The molecule has 0 amide bonds. The SMILES string of the molecule is NC(COC1(C(=O)O)CCCCCC1)Cc1ccccc1. The number of carboxylic acid groups (broad SMARTS) is 1. The lowest BCUT2D eigenvalue weighted by molar-refractivity contribution is -0.168. The van der Waals surface area contributed by atoms with E-state index in [1.807, 2.05) is 30.3 Å². The van der Waals surface area contributed by atoms with Crippen LogP contribution in [0.4, 0.5) is 0 Å². The standard InChI is InChI=1S/C17H25NO3/c18-15(12-14-8-4-3-5-9-14)13-21-17(16(19)20)10-6-1-2-7-11-17/h3-5,8-9,15H,1-2,6-7,10-13,18H2,(H,19,20). The number of rotatable bonds is 6. The van der Waals surface area contributed by atoms with Gasteiger partial charge in [-0.1, -0.05) is 43.2 Å². The van der Waals surface area contributed by atoms with Crippen molar-refractivity contribution in [3.8, 4) is 0 Å². The average Bonchev–Trinajstić information content (AvgIpc) is 2.73. The van der Waals surface area contributed by atoms with E-state index in [4.69, 9.17) is 10.5 Å². The normalized spacial score (nSPS) is 19.7. The first-order valence-electron chi connectivity index (χ1n) is 7.79. The van der Waals surface area contributed by atoms with Gasteiger partial charge in [-0.25, -0.2) is 4.79 Å². The third kappa shape index (κ3) is 4.55. The van der Waals surface area contributed by atoms with E-state index >= 15 is 0 Å². The van der Waals surface area contributed by atoms with Crippen LogP contribution in [0, 0.1) is 0 Å². The monoisotopic (exact) mass is 291 g/mol. The van der Waals surface area contributed by atoms with Crippen molar-refractivity contribution in [1.82, 2.24) is 0 Å². The van der Waals surface area contributed by atoms with Gasteiger partial charge in [0.15, 0.2) is 5.60 Å². The molecular formula is C17H25NO3. The molecule has 0 bridgehead atoms. The number of benzene rings is 1. The molecule has 0 aliphatic heterocycles. The van der Waals surface area contributed by atoms with Crippen molar-refractivity contribution in [3.05, 3.63) is 35.9 Å². The first kappa shape index (κ1) is 16.0. The maximum atomic E-state index is 11.6. The zero-order valence-corrected chi connectivity index (χ0v) is 12.5. The smallest absolute Gasteiger partial charge is 0.335 e. The summed E-state index contributed by atoms with van der Waals surface area (Å²) in [6, 6.07) is 9.81. The average molecular weight is 291 g/mol. The van der Waals surface area contributed by atoms with E-state index < -0.39 is 11.6 Å². The highest BCUT2D eigenvalue weighted by Crippen LogP contribution is 2.31. The highest BCUT2D eigenvalue weighted by atomic mass is 16.5. The molecule has 116 valence electrons. The lowest BCUT2D eigenvalue weighted by Gasteiger charge is -2.29. The van der Waals surface area contributed by atoms with Crippen molar-refractivity contribution in [2.45, 2.75) is 56.6 Å². The fourth-order valence-corrected chi connectivity index (χ4v) is 2.96. The Morgan fingerprint density at radius 1 is 1.19 bits per heavy atom. The molecule has 0 saturated heterocycles. The van der Waals surface area contributed by atoms with Crippen molar-refractivity contribution >= 4 is 5.97 Å². The Labute approximate surface area is 126 Å². The molecule has 3 N–H and O–H groups in total. The van der Waals surface area contributed by atoms with Crippen LogP contribution in [0.3, 0.4) is 0 Å². The molecule has 0 heterocycles. The lowest BCUT2D eigenvalue weighted by atomic mass is 9.94.